The van der Waals surface area contributed by atoms with Gasteiger partial charge in [0, 0.05) is 13.1 Å². The Balaban J connectivity index is 1.50. The maximum absolute atomic E-state index is 13.8. The Morgan fingerprint density at radius 1 is 0.960 bits per heavy atom. The zero-order valence-corrected chi connectivity index (χ0v) is 14.2. The Morgan fingerprint density at radius 3 is 2.08 bits per heavy atom. The van der Waals surface area contributed by atoms with E-state index < -0.39 is 21.9 Å². The Hall–Kier alpha value is -2.06. The van der Waals surface area contributed by atoms with Crippen LogP contribution in [0.4, 0.5) is 4.39 Å². The third-order valence-corrected chi connectivity index (χ3v) is 7.05. The van der Waals surface area contributed by atoms with E-state index in [1.165, 1.54) is 23.1 Å². The summed E-state index contributed by atoms with van der Waals surface area (Å²) in [5, 5.41) is 0. The van der Waals surface area contributed by atoms with E-state index in [-0.39, 0.29) is 41.6 Å². The minimum atomic E-state index is -3.96. The van der Waals surface area contributed by atoms with Crippen LogP contribution in [0.15, 0.2) is 41.3 Å². The minimum absolute atomic E-state index is 0.0149. The number of nitrogens with zero attached hydrogens (tertiary/aromatic N) is 2. The van der Waals surface area contributed by atoms with E-state index in [0.29, 0.717) is 12.8 Å². The number of sulfonamides is 1. The molecule has 0 N–H and O–H groups in total. The number of carbonyl (C=O) groups is 2. The number of hydrogen-bond donors (Lipinski definition) is 0. The number of carbonyl (C=O) groups excluding carboxylic acids is 2. The van der Waals surface area contributed by atoms with Crippen molar-refractivity contribution in [2.24, 2.45) is 11.8 Å². The van der Waals surface area contributed by atoms with Crippen molar-refractivity contribution in [2.75, 3.05) is 13.1 Å². The number of fused-ring (bicyclic) bond motifs is 1. The van der Waals surface area contributed by atoms with Crippen molar-refractivity contribution >= 4 is 21.8 Å². The van der Waals surface area contributed by atoms with Crippen LogP contribution in [0, 0.1) is 17.7 Å². The van der Waals surface area contributed by atoms with Crippen LogP contribution in [-0.2, 0) is 19.6 Å². The second-order valence-corrected chi connectivity index (χ2v) is 8.51. The quantitative estimate of drug-likeness (QED) is 0.596. The van der Waals surface area contributed by atoms with Crippen molar-refractivity contribution in [1.29, 1.82) is 0 Å². The Bertz CT molecular complexity index is 850. The summed E-state index contributed by atoms with van der Waals surface area (Å²) in [5.41, 5.74) is 0. The number of amides is 2. The molecule has 0 bridgehead atoms. The summed E-state index contributed by atoms with van der Waals surface area (Å²) in [6, 6.07) is 4.72. The largest absolute Gasteiger partial charge is 0.276 e. The summed E-state index contributed by atoms with van der Waals surface area (Å²) in [7, 11) is -3.96. The van der Waals surface area contributed by atoms with Crippen LogP contribution in [0.5, 0.6) is 0 Å². The molecule has 4 rings (SSSR count). The lowest BCUT2D eigenvalue weighted by atomic mass is 9.85. The summed E-state index contributed by atoms with van der Waals surface area (Å²) < 4.78 is 39.9. The molecule has 2 fully saturated rings. The monoisotopic (exact) mass is 364 g/mol. The van der Waals surface area contributed by atoms with E-state index in [0.717, 1.165) is 10.4 Å². The lowest BCUT2D eigenvalue weighted by Gasteiger charge is -2.42. The van der Waals surface area contributed by atoms with E-state index in [4.69, 9.17) is 0 Å². The van der Waals surface area contributed by atoms with E-state index in [9.17, 15) is 22.4 Å². The molecule has 8 heteroatoms. The minimum Gasteiger partial charge on any atom is -0.276 e. The standard InChI is InChI=1S/C17H17FN2O4S/c18-14-7-3-4-8-15(14)25(23,24)19-9-11(10-19)20-16(21)12-5-1-2-6-13(12)17(20)22/h1-4,7-8,11-13H,5-6,9-10H2. The fraction of sp³-hybridized carbons (Fsp3) is 0.412. The SMILES string of the molecule is O=C1C2CC=CCC2C(=O)N1C1CN(S(=O)(=O)c2ccccc2F)C1. The molecule has 25 heavy (non-hydrogen) atoms. The van der Waals surface area contributed by atoms with E-state index >= 15 is 0 Å². The summed E-state index contributed by atoms with van der Waals surface area (Å²) in [6.07, 6.45) is 4.92. The first-order valence-electron chi connectivity index (χ1n) is 8.18. The van der Waals surface area contributed by atoms with Gasteiger partial charge in [-0.15, -0.1) is 0 Å². The van der Waals surface area contributed by atoms with Gasteiger partial charge in [0.15, 0.2) is 0 Å². The van der Waals surface area contributed by atoms with Gasteiger partial charge in [-0.25, -0.2) is 12.8 Å². The van der Waals surface area contributed by atoms with E-state index in [1.54, 1.807) is 0 Å². The van der Waals surface area contributed by atoms with Gasteiger partial charge in [-0.3, -0.25) is 14.5 Å². The predicted octanol–water partition coefficient (Wildman–Crippen LogP) is 1.15. The number of hydrogen-bond acceptors (Lipinski definition) is 4. The fourth-order valence-corrected chi connectivity index (χ4v) is 5.33. The molecule has 1 aliphatic carbocycles. The summed E-state index contributed by atoms with van der Waals surface area (Å²) in [4.78, 5) is 25.9. The molecule has 2 aliphatic heterocycles. The molecule has 2 unspecified atom stereocenters. The maximum Gasteiger partial charge on any atom is 0.246 e. The molecular weight excluding hydrogens is 347 g/mol. The molecule has 2 atom stereocenters. The van der Waals surface area contributed by atoms with Crippen molar-refractivity contribution in [3.8, 4) is 0 Å². The molecule has 3 aliphatic rings. The topological polar surface area (TPSA) is 74.8 Å². The fourth-order valence-electron chi connectivity index (χ4n) is 3.76. The first-order chi connectivity index (χ1) is 11.9. The van der Waals surface area contributed by atoms with E-state index in [2.05, 4.69) is 0 Å². The van der Waals surface area contributed by atoms with Gasteiger partial charge >= 0.3 is 0 Å². The van der Waals surface area contributed by atoms with Crippen LogP contribution >= 0.6 is 0 Å². The van der Waals surface area contributed by atoms with Gasteiger partial charge in [0.2, 0.25) is 21.8 Å². The molecule has 6 nitrogen and oxygen atoms in total. The van der Waals surface area contributed by atoms with Gasteiger partial charge < -0.3 is 0 Å². The van der Waals surface area contributed by atoms with Crippen LogP contribution in [-0.4, -0.2) is 48.6 Å². The molecule has 132 valence electrons. The highest BCUT2D eigenvalue weighted by Crippen LogP contribution is 2.38. The van der Waals surface area contributed by atoms with Crippen molar-refractivity contribution in [3.63, 3.8) is 0 Å². The van der Waals surface area contributed by atoms with Crippen LogP contribution in [0.2, 0.25) is 0 Å². The number of allylic oxidation sites excluding steroid dienone is 2. The number of benzene rings is 1. The average molecular weight is 364 g/mol. The Labute approximate surface area is 145 Å². The summed E-state index contributed by atoms with van der Waals surface area (Å²) in [6.45, 7) is 0.0298. The highest BCUT2D eigenvalue weighted by Gasteiger charge is 2.53. The molecule has 2 heterocycles. The molecule has 0 saturated carbocycles. The Kier molecular flexibility index (Phi) is 3.77. The van der Waals surface area contributed by atoms with Gasteiger partial charge in [-0.2, -0.15) is 4.31 Å². The molecule has 0 aromatic heterocycles. The Morgan fingerprint density at radius 2 is 1.52 bits per heavy atom. The van der Waals surface area contributed by atoms with Crippen molar-refractivity contribution < 1.29 is 22.4 Å². The number of likely N-dealkylation sites (tertiary alicyclic amines) is 1. The molecule has 1 aromatic carbocycles. The van der Waals surface area contributed by atoms with E-state index in [1.807, 2.05) is 12.2 Å². The molecule has 0 spiro atoms. The van der Waals surface area contributed by atoms with Crippen molar-refractivity contribution in [3.05, 3.63) is 42.2 Å². The molecule has 0 radical (unpaired) electrons. The lowest BCUT2D eigenvalue weighted by Crippen LogP contribution is -2.62. The predicted molar refractivity (Wildman–Crippen MR) is 86.2 cm³/mol. The van der Waals surface area contributed by atoms with Gasteiger partial charge in [0.25, 0.3) is 0 Å². The second-order valence-electron chi connectivity index (χ2n) is 6.61. The highest BCUT2D eigenvalue weighted by atomic mass is 32.2. The van der Waals surface area contributed by atoms with Gasteiger partial charge in [0.05, 0.1) is 17.9 Å². The number of rotatable bonds is 3. The van der Waals surface area contributed by atoms with Gasteiger partial charge in [-0.1, -0.05) is 24.3 Å². The first kappa shape index (κ1) is 16.4. The van der Waals surface area contributed by atoms with Crippen LogP contribution in [0.25, 0.3) is 0 Å². The number of imide groups is 1. The van der Waals surface area contributed by atoms with Crippen molar-refractivity contribution in [1.82, 2.24) is 9.21 Å². The molecule has 1 aromatic rings. The zero-order valence-electron chi connectivity index (χ0n) is 13.3. The van der Waals surface area contributed by atoms with Crippen molar-refractivity contribution in [2.45, 2.75) is 23.8 Å². The van der Waals surface area contributed by atoms with Gasteiger partial charge in [-0.05, 0) is 25.0 Å². The van der Waals surface area contributed by atoms with Crippen LogP contribution in [0.1, 0.15) is 12.8 Å². The third-order valence-electron chi connectivity index (χ3n) is 5.19. The first-order valence-corrected chi connectivity index (χ1v) is 9.62. The second kappa shape index (κ2) is 5.74. The maximum atomic E-state index is 13.8. The van der Waals surface area contributed by atoms with Gasteiger partial charge in [0.1, 0.15) is 10.7 Å². The third kappa shape index (κ3) is 2.43. The average Bonchev–Trinajstić information content (AvgIpc) is 2.79. The molecule has 2 amide bonds. The smallest absolute Gasteiger partial charge is 0.246 e. The zero-order chi connectivity index (χ0) is 17.8. The van der Waals surface area contributed by atoms with Crippen LogP contribution in [0.3, 0.4) is 0 Å². The lowest BCUT2D eigenvalue weighted by molar-refractivity contribution is -0.145. The summed E-state index contributed by atoms with van der Waals surface area (Å²) >= 11 is 0. The molecular formula is C17H17FN2O4S. The molecule has 2 saturated heterocycles. The highest BCUT2D eigenvalue weighted by molar-refractivity contribution is 7.89. The van der Waals surface area contributed by atoms with Crippen LogP contribution < -0.4 is 0 Å². The summed E-state index contributed by atoms with van der Waals surface area (Å²) in [5.74, 6) is -1.89. The normalized spacial score (nSPS) is 27.5. The number of halogens is 1.